The van der Waals surface area contributed by atoms with Crippen LogP contribution in [-0.4, -0.2) is 39.5 Å². The fraction of sp³-hybridized carbons (Fsp3) is 0.243. The molecule has 1 unspecified atom stereocenters. The van der Waals surface area contributed by atoms with Gasteiger partial charge in [-0.05, 0) is 67.2 Å². The van der Waals surface area contributed by atoms with Crippen molar-refractivity contribution in [3.8, 4) is 0 Å². The molecule has 4 aromatic carbocycles. The van der Waals surface area contributed by atoms with Crippen LogP contribution >= 0.6 is 11.8 Å². The summed E-state index contributed by atoms with van der Waals surface area (Å²) in [5.74, 6) is -0.495. The first-order valence-corrected chi connectivity index (χ1v) is 15.8. The lowest BCUT2D eigenvalue weighted by Crippen LogP contribution is -2.73. The van der Waals surface area contributed by atoms with E-state index in [9.17, 15) is 14.0 Å². The van der Waals surface area contributed by atoms with Gasteiger partial charge in [-0.15, -0.1) is 11.8 Å². The number of nitrogens with zero attached hydrogens (tertiary/aromatic N) is 1. The number of β-lactam (4-membered cyclic amide) rings is 1. The molecule has 0 aliphatic carbocycles. The van der Waals surface area contributed by atoms with Gasteiger partial charge >= 0.3 is 5.97 Å². The van der Waals surface area contributed by atoms with Gasteiger partial charge in [0.15, 0.2) is 0 Å². The summed E-state index contributed by atoms with van der Waals surface area (Å²) in [4.78, 5) is 29.5. The number of amides is 1. The molecule has 0 bridgehead atoms. The number of halogens is 1. The van der Waals surface area contributed by atoms with E-state index < -0.39 is 23.2 Å². The highest BCUT2D eigenvalue weighted by Gasteiger charge is 2.56. The van der Waals surface area contributed by atoms with Crippen molar-refractivity contribution in [1.29, 1.82) is 0 Å². The maximum Gasteiger partial charge on any atom is 0.355 e. The van der Waals surface area contributed by atoms with Gasteiger partial charge in [-0.25, -0.2) is 9.18 Å². The van der Waals surface area contributed by atoms with Crippen LogP contribution in [0.25, 0.3) is 0 Å². The number of benzene rings is 4. The van der Waals surface area contributed by atoms with Crippen LogP contribution in [0.1, 0.15) is 43.0 Å². The topological polar surface area (TPSA) is 58.6 Å². The highest BCUT2D eigenvalue weighted by Crippen LogP contribution is 2.45. The third kappa shape index (κ3) is 5.70. The SMILES string of the molecule is CC(C)(C)OC(=O)C1=C(Cc2ccc(F)cc2)CS[C@@H]2C(NC(c3ccccc3)(c3ccccc3)c3ccccc3)C(=O)N12. The number of carbonyl (C=O) groups is 2. The summed E-state index contributed by atoms with van der Waals surface area (Å²) in [7, 11) is 0. The molecule has 6 rings (SSSR count). The minimum Gasteiger partial charge on any atom is -0.455 e. The maximum absolute atomic E-state index is 14.2. The molecular formula is C37H35FN2O3S. The average Bonchev–Trinajstić information content (AvgIpc) is 3.03. The molecule has 7 heteroatoms. The molecule has 5 nitrogen and oxygen atoms in total. The molecule has 2 aliphatic heterocycles. The number of hydrogen-bond donors (Lipinski definition) is 1. The average molecular weight is 607 g/mol. The van der Waals surface area contributed by atoms with Crippen LogP contribution in [0, 0.1) is 5.82 Å². The normalized spacial score (nSPS) is 18.5. The number of nitrogens with one attached hydrogen (secondary N) is 1. The van der Waals surface area contributed by atoms with Gasteiger partial charge in [-0.2, -0.15) is 0 Å². The molecule has 0 aromatic heterocycles. The summed E-state index contributed by atoms with van der Waals surface area (Å²) in [5.41, 5.74) is 3.39. The molecular weight excluding hydrogens is 571 g/mol. The number of carbonyl (C=O) groups excluding carboxylic acids is 2. The van der Waals surface area contributed by atoms with Gasteiger partial charge in [0.2, 0.25) is 5.91 Å². The van der Waals surface area contributed by atoms with E-state index in [1.807, 2.05) is 75.4 Å². The van der Waals surface area contributed by atoms with Gasteiger partial charge in [-0.3, -0.25) is 15.0 Å². The number of ether oxygens (including phenoxy) is 1. The molecule has 0 saturated carbocycles. The van der Waals surface area contributed by atoms with Crippen LogP contribution in [0.5, 0.6) is 0 Å². The Bertz CT molecular complexity index is 1570. The first-order valence-electron chi connectivity index (χ1n) is 14.8. The van der Waals surface area contributed by atoms with Crippen LogP contribution in [0.2, 0.25) is 0 Å². The molecule has 0 spiro atoms. The second-order valence-electron chi connectivity index (χ2n) is 12.1. The molecule has 1 fully saturated rings. The minimum absolute atomic E-state index is 0.188. The van der Waals surface area contributed by atoms with E-state index in [0.717, 1.165) is 27.8 Å². The van der Waals surface area contributed by atoms with E-state index >= 15 is 0 Å². The molecule has 44 heavy (non-hydrogen) atoms. The largest absolute Gasteiger partial charge is 0.455 e. The first kappa shape index (κ1) is 29.9. The zero-order chi connectivity index (χ0) is 30.9. The van der Waals surface area contributed by atoms with E-state index in [2.05, 4.69) is 41.7 Å². The molecule has 4 aromatic rings. The Morgan fingerprint density at radius 1 is 0.841 bits per heavy atom. The second-order valence-corrected chi connectivity index (χ2v) is 13.2. The van der Waals surface area contributed by atoms with E-state index in [4.69, 9.17) is 4.74 Å². The number of thioether (sulfide) groups is 1. The Kier molecular flexibility index (Phi) is 8.18. The summed E-state index contributed by atoms with van der Waals surface area (Å²) < 4.78 is 19.5. The Balaban J connectivity index is 1.41. The van der Waals surface area contributed by atoms with Crippen molar-refractivity contribution in [3.63, 3.8) is 0 Å². The number of esters is 1. The van der Waals surface area contributed by atoms with Crippen LogP contribution in [0.15, 0.2) is 127 Å². The fourth-order valence-corrected chi connectivity index (χ4v) is 7.38. The lowest BCUT2D eigenvalue weighted by atomic mass is 9.76. The van der Waals surface area contributed by atoms with E-state index in [1.54, 1.807) is 28.8 Å². The van der Waals surface area contributed by atoms with E-state index in [0.29, 0.717) is 17.9 Å². The molecule has 0 radical (unpaired) electrons. The van der Waals surface area contributed by atoms with Crippen LogP contribution in [0.3, 0.4) is 0 Å². The van der Waals surface area contributed by atoms with Crippen molar-refractivity contribution in [3.05, 3.63) is 155 Å². The van der Waals surface area contributed by atoms with Gasteiger partial charge in [-0.1, -0.05) is 103 Å². The van der Waals surface area contributed by atoms with Gasteiger partial charge in [0.1, 0.15) is 28.5 Å². The third-order valence-electron chi connectivity index (χ3n) is 7.96. The Labute approximate surface area is 262 Å². The molecule has 2 aliphatic rings. The van der Waals surface area contributed by atoms with Crippen molar-refractivity contribution in [1.82, 2.24) is 10.2 Å². The summed E-state index contributed by atoms with van der Waals surface area (Å²) >= 11 is 1.62. The second kappa shape index (κ2) is 12.1. The highest BCUT2D eigenvalue weighted by atomic mass is 32.2. The van der Waals surface area contributed by atoms with Crippen LogP contribution in [0.4, 0.5) is 4.39 Å². The molecule has 224 valence electrons. The summed E-state index contributed by atoms with van der Waals surface area (Å²) in [6, 6.07) is 36.1. The lowest BCUT2D eigenvalue weighted by molar-refractivity contribution is -0.158. The number of fused-ring (bicyclic) bond motifs is 1. The molecule has 1 N–H and O–H groups in total. The monoisotopic (exact) mass is 606 g/mol. The highest BCUT2D eigenvalue weighted by molar-refractivity contribution is 8.00. The standard InChI is InChI=1S/C37H35FN2O3S/c1-36(2,3)43-35(42)32-26(23-25-19-21-30(38)22-20-25)24-44-34-31(33(41)40(32)34)39-37(27-13-7-4-8-14-27,28-15-9-5-10-16-28)29-17-11-6-12-18-29/h4-22,31,34,39H,23-24H2,1-3H3/t31?,34-/m1/s1. The Morgan fingerprint density at radius 3 is 1.82 bits per heavy atom. The van der Waals surface area contributed by atoms with Gasteiger partial charge in [0.05, 0.1) is 5.54 Å². The minimum atomic E-state index is -0.832. The zero-order valence-corrected chi connectivity index (χ0v) is 25.8. The molecule has 2 atom stereocenters. The Morgan fingerprint density at radius 2 is 1.34 bits per heavy atom. The van der Waals surface area contributed by atoms with Crippen molar-refractivity contribution in [2.75, 3.05) is 5.75 Å². The van der Waals surface area contributed by atoms with Gasteiger partial charge in [0, 0.05) is 5.75 Å². The van der Waals surface area contributed by atoms with E-state index in [1.165, 1.54) is 12.1 Å². The zero-order valence-electron chi connectivity index (χ0n) is 25.0. The van der Waals surface area contributed by atoms with Crippen molar-refractivity contribution >= 4 is 23.6 Å². The molecule has 1 saturated heterocycles. The maximum atomic E-state index is 14.2. The fourth-order valence-electron chi connectivity index (χ4n) is 6.03. The van der Waals surface area contributed by atoms with Crippen LogP contribution < -0.4 is 5.32 Å². The summed E-state index contributed by atoms with van der Waals surface area (Å²) in [5, 5.41) is 3.49. The summed E-state index contributed by atoms with van der Waals surface area (Å²) in [6.45, 7) is 5.45. The summed E-state index contributed by atoms with van der Waals surface area (Å²) in [6.07, 6.45) is 0.415. The van der Waals surface area contributed by atoms with Gasteiger partial charge < -0.3 is 4.74 Å². The van der Waals surface area contributed by atoms with Gasteiger partial charge in [0.25, 0.3) is 0 Å². The quantitative estimate of drug-likeness (QED) is 0.135. The third-order valence-corrected chi connectivity index (χ3v) is 9.30. The lowest BCUT2D eigenvalue weighted by Gasteiger charge is -2.53. The predicted octanol–water partition coefficient (Wildman–Crippen LogP) is 6.83. The molecule has 1 amide bonds. The van der Waals surface area contributed by atoms with Crippen molar-refractivity contribution in [2.24, 2.45) is 0 Å². The predicted molar refractivity (Wildman–Crippen MR) is 172 cm³/mol. The number of rotatable bonds is 8. The smallest absolute Gasteiger partial charge is 0.355 e. The first-order chi connectivity index (χ1) is 21.2. The molecule has 2 heterocycles. The van der Waals surface area contributed by atoms with Crippen LogP contribution in [-0.2, 0) is 26.3 Å². The van der Waals surface area contributed by atoms with Crippen molar-refractivity contribution in [2.45, 2.75) is 49.7 Å². The van der Waals surface area contributed by atoms with E-state index in [-0.39, 0.29) is 17.1 Å². The number of hydrogen-bond acceptors (Lipinski definition) is 5. The Hall–Kier alpha value is -4.20. The van der Waals surface area contributed by atoms with Crippen molar-refractivity contribution < 1.29 is 18.7 Å².